The molecule has 0 aromatic heterocycles. The zero-order valence-electron chi connectivity index (χ0n) is 14.1. The summed E-state index contributed by atoms with van der Waals surface area (Å²) in [5.41, 5.74) is 3.16. The molecule has 21 heavy (non-hydrogen) atoms. The molecule has 0 amide bonds. The Hall–Kier alpha value is -0.470. The Morgan fingerprint density at radius 1 is 1.24 bits per heavy atom. The van der Waals surface area contributed by atoms with Crippen LogP contribution in [0.3, 0.4) is 0 Å². The summed E-state index contributed by atoms with van der Waals surface area (Å²) in [6.07, 6.45) is 5.16. The zero-order chi connectivity index (χ0) is 15.3. The fourth-order valence-electron chi connectivity index (χ4n) is 2.98. The first-order valence-electron chi connectivity index (χ1n) is 8.45. The number of nitrogens with one attached hydrogen (secondary N) is 1. The first kappa shape index (κ1) is 16.9. The number of thioether (sulfide) groups is 1. The highest BCUT2D eigenvalue weighted by atomic mass is 32.2. The smallest absolute Gasteiger partial charge is 0.0226 e. The molecule has 1 heterocycles. The summed E-state index contributed by atoms with van der Waals surface area (Å²) >= 11 is 2.17. The molecular weight excluding hydrogens is 274 g/mol. The van der Waals surface area contributed by atoms with E-state index in [1.54, 1.807) is 0 Å². The Morgan fingerprint density at radius 2 is 1.95 bits per heavy atom. The standard InChI is InChI=1S/C19H31NS/c1-5-12-20-17(18-7-6-13-21-18)14-15-8-10-16(11-9-15)19(2,3)4/h8-11,17-18,20H,5-7,12-14H2,1-4H3. The minimum atomic E-state index is 0.250. The zero-order valence-corrected chi connectivity index (χ0v) is 14.9. The van der Waals surface area contributed by atoms with E-state index in [1.165, 1.54) is 42.6 Å². The fourth-order valence-corrected chi connectivity index (χ4v) is 4.37. The van der Waals surface area contributed by atoms with Gasteiger partial charge in [0.2, 0.25) is 0 Å². The van der Waals surface area contributed by atoms with E-state index in [9.17, 15) is 0 Å². The van der Waals surface area contributed by atoms with E-state index in [0.29, 0.717) is 6.04 Å². The summed E-state index contributed by atoms with van der Waals surface area (Å²) in [7, 11) is 0. The van der Waals surface area contributed by atoms with Gasteiger partial charge in [-0.3, -0.25) is 0 Å². The maximum absolute atomic E-state index is 3.78. The van der Waals surface area contributed by atoms with Gasteiger partial charge in [-0.25, -0.2) is 0 Å². The highest BCUT2D eigenvalue weighted by molar-refractivity contribution is 8.00. The summed E-state index contributed by atoms with van der Waals surface area (Å²) in [6, 6.07) is 9.93. The third kappa shape index (κ3) is 5.03. The van der Waals surface area contributed by atoms with Crippen molar-refractivity contribution in [1.82, 2.24) is 5.32 Å². The van der Waals surface area contributed by atoms with Crippen LogP contribution >= 0.6 is 11.8 Å². The highest BCUT2D eigenvalue weighted by Gasteiger charge is 2.25. The van der Waals surface area contributed by atoms with E-state index in [-0.39, 0.29) is 5.41 Å². The summed E-state index contributed by atoms with van der Waals surface area (Å²) < 4.78 is 0. The van der Waals surface area contributed by atoms with E-state index in [2.05, 4.69) is 69.0 Å². The minimum absolute atomic E-state index is 0.250. The maximum Gasteiger partial charge on any atom is 0.0226 e. The molecule has 2 atom stereocenters. The first-order chi connectivity index (χ1) is 10.0. The monoisotopic (exact) mass is 305 g/mol. The van der Waals surface area contributed by atoms with E-state index in [0.717, 1.165) is 11.8 Å². The van der Waals surface area contributed by atoms with Crippen LogP contribution in [0.4, 0.5) is 0 Å². The second-order valence-corrected chi connectivity index (χ2v) is 8.61. The quantitative estimate of drug-likeness (QED) is 0.811. The van der Waals surface area contributed by atoms with Gasteiger partial charge in [-0.15, -0.1) is 0 Å². The third-order valence-corrected chi connectivity index (χ3v) is 5.86. The molecule has 2 rings (SSSR count). The highest BCUT2D eigenvalue weighted by Crippen LogP contribution is 2.30. The first-order valence-corrected chi connectivity index (χ1v) is 9.50. The van der Waals surface area contributed by atoms with Gasteiger partial charge in [0.1, 0.15) is 0 Å². The summed E-state index contributed by atoms with van der Waals surface area (Å²) in [5.74, 6) is 1.35. The molecule has 0 saturated carbocycles. The predicted octanol–water partition coefficient (Wildman–Crippen LogP) is 4.79. The molecule has 0 bridgehead atoms. The second kappa shape index (κ2) is 7.69. The Kier molecular flexibility index (Phi) is 6.19. The van der Waals surface area contributed by atoms with Crippen LogP contribution in [0.5, 0.6) is 0 Å². The van der Waals surface area contributed by atoms with Gasteiger partial charge in [0.05, 0.1) is 0 Å². The molecule has 2 heteroatoms. The molecule has 2 unspecified atom stereocenters. The van der Waals surface area contributed by atoms with Crippen LogP contribution in [0.15, 0.2) is 24.3 Å². The SMILES string of the molecule is CCCNC(Cc1ccc(C(C)(C)C)cc1)C1CCCS1. The molecule has 1 aliphatic rings. The Balaban J connectivity index is 2.01. The number of benzene rings is 1. The van der Waals surface area contributed by atoms with Crippen LogP contribution in [0.2, 0.25) is 0 Å². The third-order valence-electron chi connectivity index (χ3n) is 4.35. The van der Waals surface area contributed by atoms with Crippen molar-refractivity contribution in [3.63, 3.8) is 0 Å². The van der Waals surface area contributed by atoms with Gasteiger partial charge in [-0.2, -0.15) is 11.8 Å². The van der Waals surface area contributed by atoms with Crippen molar-refractivity contribution in [2.75, 3.05) is 12.3 Å². The Labute approximate surface area is 135 Å². The van der Waals surface area contributed by atoms with Crippen molar-refractivity contribution in [1.29, 1.82) is 0 Å². The topological polar surface area (TPSA) is 12.0 Å². The minimum Gasteiger partial charge on any atom is -0.313 e. The van der Waals surface area contributed by atoms with Crippen LogP contribution in [-0.2, 0) is 11.8 Å². The molecule has 1 fully saturated rings. The molecule has 1 saturated heterocycles. The summed E-state index contributed by atoms with van der Waals surface area (Å²) in [5, 5.41) is 4.59. The summed E-state index contributed by atoms with van der Waals surface area (Å²) in [6.45, 7) is 10.2. The molecule has 118 valence electrons. The van der Waals surface area contributed by atoms with E-state index in [4.69, 9.17) is 0 Å². The van der Waals surface area contributed by atoms with E-state index >= 15 is 0 Å². The average Bonchev–Trinajstić information content (AvgIpc) is 2.97. The van der Waals surface area contributed by atoms with Crippen molar-refractivity contribution < 1.29 is 0 Å². The lowest BCUT2D eigenvalue weighted by Gasteiger charge is -2.25. The lowest BCUT2D eigenvalue weighted by molar-refractivity contribution is 0.482. The van der Waals surface area contributed by atoms with Crippen LogP contribution in [-0.4, -0.2) is 23.6 Å². The normalized spacial score (nSPS) is 20.7. The van der Waals surface area contributed by atoms with Crippen LogP contribution in [0, 0.1) is 0 Å². The Morgan fingerprint density at radius 3 is 2.48 bits per heavy atom. The molecule has 1 N–H and O–H groups in total. The Bertz CT molecular complexity index is 412. The van der Waals surface area contributed by atoms with Gasteiger partial charge in [-0.1, -0.05) is 52.0 Å². The number of hydrogen-bond acceptors (Lipinski definition) is 2. The van der Waals surface area contributed by atoms with Gasteiger partial charge in [0.15, 0.2) is 0 Å². The predicted molar refractivity (Wildman–Crippen MR) is 96.4 cm³/mol. The van der Waals surface area contributed by atoms with Gasteiger partial charge in [0, 0.05) is 11.3 Å². The van der Waals surface area contributed by atoms with Crippen molar-refractivity contribution in [2.45, 2.75) is 70.1 Å². The van der Waals surface area contributed by atoms with Crippen LogP contribution < -0.4 is 5.32 Å². The van der Waals surface area contributed by atoms with Crippen molar-refractivity contribution in [2.24, 2.45) is 0 Å². The van der Waals surface area contributed by atoms with Gasteiger partial charge in [0.25, 0.3) is 0 Å². The second-order valence-electron chi connectivity index (χ2n) is 7.26. The van der Waals surface area contributed by atoms with E-state index in [1.807, 2.05) is 0 Å². The van der Waals surface area contributed by atoms with Gasteiger partial charge >= 0.3 is 0 Å². The van der Waals surface area contributed by atoms with Crippen LogP contribution in [0.25, 0.3) is 0 Å². The number of hydrogen-bond donors (Lipinski definition) is 1. The molecule has 0 spiro atoms. The molecule has 1 aliphatic heterocycles. The van der Waals surface area contributed by atoms with Crippen LogP contribution in [0.1, 0.15) is 58.1 Å². The largest absolute Gasteiger partial charge is 0.313 e. The molecule has 0 aliphatic carbocycles. The van der Waals surface area contributed by atoms with Crippen molar-refractivity contribution in [3.05, 3.63) is 35.4 Å². The maximum atomic E-state index is 3.78. The molecule has 1 nitrogen and oxygen atoms in total. The van der Waals surface area contributed by atoms with E-state index < -0.39 is 0 Å². The molecule has 1 aromatic carbocycles. The summed E-state index contributed by atoms with van der Waals surface area (Å²) in [4.78, 5) is 0. The molecule has 1 aromatic rings. The fraction of sp³-hybridized carbons (Fsp3) is 0.684. The number of rotatable bonds is 6. The molecular formula is C19H31NS. The van der Waals surface area contributed by atoms with Crippen molar-refractivity contribution in [3.8, 4) is 0 Å². The lowest BCUT2D eigenvalue weighted by Crippen LogP contribution is -2.39. The lowest BCUT2D eigenvalue weighted by atomic mass is 9.86. The van der Waals surface area contributed by atoms with Gasteiger partial charge in [-0.05, 0) is 54.5 Å². The van der Waals surface area contributed by atoms with Gasteiger partial charge < -0.3 is 5.32 Å². The van der Waals surface area contributed by atoms with Crippen molar-refractivity contribution >= 4 is 11.8 Å². The average molecular weight is 306 g/mol. The molecule has 0 radical (unpaired) electrons.